The number of fused-ring (bicyclic) bond motifs is 2. The number of hydrogen-bond acceptors (Lipinski definition) is 6. The van der Waals surface area contributed by atoms with Crippen molar-refractivity contribution in [2.24, 2.45) is 44.3 Å². The molecule has 0 aromatic heterocycles. The zero-order chi connectivity index (χ0) is 30.8. The van der Waals surface area contributed by atoms with Crippen LogP contribution in [-0.2, 0) is 23.9 Å². The fraction of sp³-hybridized carbons (Fsp3) is 0.771. The smallest absolute Gasteiger partial charge is 0.312 e. The monoisotopic (exact) mass is 565 g/mol. The van der Waals surface area contributed by atoms with E-state index in [2.05, 4.69) is 54.5 Å². The number of ether oxygens (including phenoxy) is 2. The van der Waals surface area contributed by atoms with Crippen LogP contribution in [0.5, 0.6) is 0 Å². The summed E-state index contributed by atoms with van der Waals surface area (Å²) >= 11 is 0. The Morgan fingerprint density at radius 3 is 2.12 bits per heavy atom. The van der Waals surface area contributed by atoms with Crippen molar-refractivity contribution in [2.45, 2.75) is 120 Å². The molecular weight excluding hydrogens is 514 g/mol. The normalized spacial score (nSPS) is 40.6. The summed E-state index contributed by atoms with van der Waals surface area (Å²) in [5.41, 5.74) is -0.109. The molecule has 226 valence electrons. The quantitative estimate of drug-likeness (QED) is 0.254. The predicted molar refractivity (Wildman–Crippen MR) is 158 cm³/mol. The third-order valence-corrected chi connectivity index (χ3v) is 12.5. The Kier molecular flexibility index (Phi) is 7.76. The van der Waals surface area contributed by atoms with Crippen LogP contribution in [-0.4, -0.2) is 24.8 Å². The first kappa shape index (κ1) is 31.5. The SMILES string of the molecule is COC(=O)[C@]12CCC(C)(C)CC1C[C@](C)([C@]1(C)CC[C@H]3C(C)(C)C(OC(C)=O)=C(C#N)C[C@]3(C)/C1=C/C(C)=O)CC2. The molecule has 4 rings (SSSR count). The highest BCUT2D eigenvalue weighted by Gasteiger charge is 2.65. The van der Waals surface area contributed by atoms with Crippen molar-refractivity contribution >= 4 is 17.7 Å². The Morgan fingerprint density at radius 1 is 0.927 bits per heavy atom. The maximum atomic E-state index is 13.3. The van der Waals surface area contributed by atoms with Gasteiger partial charge in [0, 0.05) is 12.3 Å². The molecular formula is C35H51NO5. The number of rotatable bonds is 4. The minimum absolute atomic E-state index is 0.0151. The maximum absolute atomic E-state index is 13.3. The molecule has 3 fully saturated rings. The fourth-order valence-corrected chi connectivity index (χ4v) is 10.2. The van der Waals surface area contributed by atoms with Crippen LogP contribution in [0.1, 0.15) is 120 Å². The minimum atomic E-state index is -0.554. The van der Waals surface area contributed by atoms with Crippen molar-refractivity contribution in [1.29, 1.82) is 5.26 Å². The Hall–Kier alpha value is -2.42. The van der Waals surface area contributed by atoms with Gasteiger partial charge in [0.2, 0.25) is 0 Å². The maximum Gasteiger partial charge on any atom is 0.312 e. The lowest BCUT2D eigenvalue weighted by Crippen LogP contribution is -2.59. The molecule has 0 aromatic rings. The van der Waals surface area contributed by atoms with Crippen LogP contribution in [0.3, 0.4) is 0 Å². The molecule has 1 unspecified atom stereocenters. The van der Waals surface area contributed by atoms with Gasteiger partial charge in [0.1, 0.15) is 5.76 Å². The Morgan fingerprint density at radius 2 is 1.56 bits per heavy atom. The first-order chi connectivity index (χ1) is 18.8. The highest BCUT2D eigenvalue weighted by atomic mass is 16.5. The average Bonchev–Trinajstić information content (AvgIpc) is 2.86. The van der Waals surface area contributed by atoms with E-state index in [4.69, 9.17) is 9.47 Å². The molecule has 0 heterocycles. The molecule has 3 saturated carbocycles. The molecule has 6 heteroatoms. The second-order valence-corrected chi connectivity index (χ2v) is 15.9. The zero-order valence-corrected chi connectivity index (χ0v) is 27.1. The summed E-state index contributed by atoms with van der Waals surface area (Å²) in [5.74, 6) is 0.333. The summed E-state index contributed by atoms with van der Waals surface area (Å²) in [7, 11) is 1.52. The molecule has 0 spiro atoms. The molecule has 41 heavy (non-hydrogen) atoms. The van der Waals surface area contributed by atoms with Crippen molar-refractivity contribution in [2.75, 3.05) is 7.11 Å². The summed E-state index contributed by atoms with van der Waals surface area (Å²) in [5, 5.41) is 10.3. The number of allylic oxidation sites excluding steroid dienone is 4. The van der Waals surface area contributed by atoms with E-state index in [0.29, 0.717) is 17.8 Å². The van der Waals surface area contributed by atoms with Crippen molar-refractivity contribution < 1.29 is 23.9 Å². The van der Waals surface area contributed by atoms with Gasteiger partial charge in [-0.3, -0.25) is 14.4 Å². The minimum Gasteiger partial charge on any atom is -0.469 e. The lowest BCUT2D eigenvalue weighted by atomic mass is 9.38. The Bertz CT molecular complexity index is 1250. The van der Waals surface area contributed by atoms with Crippen LogP contribution in [0, 0.1) is 55.7 Å². The first-order valence-corrected chi connectivity index (χ1v) is 15.5. The van der Waals surface area contributed by atoms with Gasteiger partial charge in [-0.2, -0.15) is 5.26 Å². The number of carbonyl (C=O) groups is 3. The summed E-state index contributed by atoms with van der Waals surface area (Å²) < 4.78 is 11.2. The molecule has 0 N–H and O–H groups in total. The molecule has 4 aliphatic rings. The topological polar surface area (TPSA) is 93.5 Å². The number of nitriles is 1. The van der Waals surface area contributed by atoms with Gasteiger partial charge in [-0.15, -0.1) is 0 Å². The van der Waals surface area contributed by atoms with E-state index in [1.165, 1.54) is 14.0 Å². The van der Waals surface area contributed by atoms with Crippen LogP contribution in [0.4, 0.5) is 0 Å². The zero-order valence-electron chi connectivity index (χ0n) is 27.1. The van der Waals surface area contributed by atoms with Gasteiger partial charge in [-0.05, 0) is 104 Å². The predicted octanol–water partition coefficient (Wildman–Crippen LogP) is 7.87. The van der Waals surface area contributed by atoms with Crippen molar-refractivity contribution in [3.63, 3.8) is 0 Å². The number of esters is 2. The van der Waals surface area contributed by atoms with Gasteiger partial charge in [-0.25, -0.2) is 0 Å². The number of hydrogen-bond donors (Lipinski definition) is 0. The van der Waals surface area contributed by atoms with Crippen molar-refractivity contribution in [3.8, 4) is 6.07 Å². The second-order valence-electron chi connectivity index (χ2n) is 15.9. The summed E-state index contributed by atoms with van der Waals surface area (Å²) in [6.45, 7) is 18.7. The lowest BCUT2D eigenvalue weighted by Gasteiger charge is -2.65. The third-order valence-electron chi connectivity index (χ3n) is 12.5. The molecule has 0 amide bonds. The van der Waals surface area contributed by atoms with Gasteiger partial charge >= 0.3 is 11.9 Å². The van der Waals surface area contributed by atoms with Crippen LogP contribution >= 0.6 is 0 Å². The van der Waals surface area contributed by atoms with Gasteiger partial charge in [-0.1, -0.05) is 54.0 Å². The highest BCUT2D eigenvalue weighted by molar-refractivity contribution is 5.88. The number of nitrogens with zero attached hydrogens (tertiary/aromatic N) is 1. The average molecular weight is 566 g/mol. The van der Waals surface area contributed by atoms with E-state index < -0.39 is 22.2 Å². The van der Waals surface area contributed by atoms with E-state index >= 15 is 0 Å². The summed E-state index contributed by atoms with van der Waals surface area (Å²) in [4.78, 5) is 38.3. The second kappa shape index (κ2) is 10.1. The standard InChI is InChI=1S/C35H51NO5/c1-22(37)17-27-33(8)18-24(21-36)28(41-23(2)38)31(5,6)26(33)11-12-34(27,9)32(7)14-16-35(29(39)40-10)15-13-30(3,4)19-25(35)20-32/h17,25-26H,11-16,18-20H2,1-10H3/b27-17-/t25?,26-,32+,33-,34+,35-/m0/s1. The summed E-state index contributed by atoms with van der Waals surface area (Å²) in [6.07, 6.45) is 9.55. The van der Waals surface area contributed by atoms with Crippen LogP contribution in [0.15, 0.2) is 23.0 Å². The number of methoxy groups -OCH3 is 1. The van der Waals surface area contributed by atoms with Crippen molar-refractivity contribution in [3.05, 3.63) is 23.0 Å². The highest BCUT2D eigenvalue weighted by Crippen LogP contribution is 2.72. The van der Waals surface area contributed by atoms with Crippen molar-refractivity contribution in [1.82, 2.24) is 0 Å². The van der Waals surface area contributed by atoms with Gasteiger partial charge in [0.15, 0.2) is 5.78 Å². The Labute approximate surface area is 247 Å². The van der Waals surface area contributed by atoms with E-state index in [1.54, 1.807) is 6.92 Å². The van der Waals surface area contributed by atoms with E-state index in [0.717, 1.165) is 56.9 Å². The molecule has 0 aromatic carbocycles. The van der Waals surface area contributed by atoms with Crippen LogP contribution in [0.2, 0.25) is 0 Å². The first-order valence-electron chi connectivity index (χ1n) is 15.5. The van der Waals surface area contributed by atoms with E-state index in [1.807, 2.05) is 6.08 Å². The third kappa shape index (κ3) is 4.80. The van der Waals surface area contributed by atoms with Crippen LogP contribution in [0.25, 0.3) is 0 Å². The number of ketones is 1. The molecule has 0 bridgehead atoms. The van der Waals surface area contributed by atoms with E-state index in [-0.39, 0.29) is 39.8 Å². The van der Waals surface area contributed by atoms with E-state index in [9.17, 15) is 19.6 Å². The molecule has 0 aliphatic heterocycles. The fourth-order valence-electron chi connectivity index (χ4n) is 10.2. The van der Waals surface area contributed by atoms with Gasteiger partial charge < -0.3 is 9.47 Å². The largest absolute Gasteiger partial charge is 0.469 e. The van der Waals surface area contributed by atoms with Gasteiger partial charge in [0.25, 0.3) is 0 Å². The summed E-state index contributed by atoms with van der Waals surface area (Å²) in [6, 6.07) is 2.37. The molecule has 6 atom stereocenters. The number of carbonyl (C=O) groups excluding carboxylic acids is 3. The molecule has 0 saturated heterocycles. The Balaban J connectivity index is 1.84. The molecule has 0 radical (unpaired) electrons. The van der Waals surface area contributed by atoms with Crippen LogP contribution < -0.4 is 0 Å². The lowest BCUT2D eigenvalue weighted by molar-refractivity contribution is -0.174. The molecule has 6 nitrogen and oxygen atoms in total. The van der Waals surface area contributed by atoms with Gasteiger partial charge in [0.05, 0.1) is 24.2 Å². The molecule has 4 aliphatic carbocycles.